The Morgan fingerprint density at radius 3 is 2.87 bits per heavy atom. The second-order valence-corrected chi connectivity index (χ2v) is 7.38. The molecule has 154 valence electrons. The number of rotatable bonds is 7. The van der Waals surface area contributed by atoms with Crippen LogP contribution in [0.2, 0.25) is 0 Å². The molecule has 2 aromatic heterocycles. The molecule has 0 N–H and O–H groups in total. The van der Waals surface area contributed by atoms with Gasteiger partial charge in [-0.3, -0.25) is 15.1 Å². The highest BCUT2D eigenvalue weighted by Gasteiger charge is 2.22. The zero-order valence-corrected chi connectivity index (χ0v) is 16.8. The van der Waals surface area contributed by atoms with E-state index in [4.69, 9.17) is 9.72 Å². The zero-order chi connectivity index (χ0) is 20.9. The van der Waals surface area contributed by atoms with Crippen LogP contribution in [0.15, 0.2) is 54.9 Å². The van der Waals surface area contributed by atoms with Gasteiger partial charge in [0, 0.05) is 61.5 Å². The summed E-state index contributed by atoms with van der Waals surface area (Å²) in [4.78, 5) is 26.4. The van der Waals surface area contributed by atoms with Crippen LogP contribution in [0, 0.1) is 17.0 Å². The van der Waals surface area contributed by atoms with Gasteiger partial charge in [0.15, 0.2) is 5.82 Å². The van der Waals surface area contributed by atoms with Gasteiger partial charge in [0.2, 0.25) is 0 Å². The van der Waals surface area contributed by atoms with Crippen LogP contribution < -0.4 is 4.90 Å². The molecule has 1 fully saturated rings. The predicted octanol–water partition coefficient (Wildman–Crippen LogP) is 3.94. The molecule has 0 amide bonds. The minimum atomic E-state index is -0.410. The van der Waals surface area contributed by atoms with Crippen molar-refractivity contribution in [2.24, 2.45) is 0 Å². The van der Waals surface area contributed by atoms with Crippen LogP contribution in [-0.4, -0.2) is 39.1 Å². The van der Waals surface area contributed by atoms with E-state index >= 15 is 0 Å². The highest BCUT2D eigenvalue weighted by atomic mass is 16.6. The van der Waals surface area contributed by atoms with Crippen molar-refractivity contribution in [3.63, 3.8) is 0 Å². The van der Waals surface area contributed by atoms with Gasteiger partial charge >= 0.3 is 0 Å². The quantitative estimate of drug-likeness (QED) is 0.434. The van der Waals surface area contributed by atoms with Gasteiger partial charge in [0.05, 0.1) is 11.0 Å². The van der Waals surface area contributed by atoms with Crippen LogP contribution in [0.5, 0.6) is 0 Å². The molecule has 0 bridgehead atoms. The van der Waals surface area contributed by atoms with E-state index < -0.39 is 4.92 Å². The standard InChI is InChI=1S/C22H23N5O3/c1-16-11-21(25-22(24-16)18-6-2-7-19(12-18)27(28)29)26(15-20-8-4-10-30-20)14-17-5-3-9-23-13-17/h2-3,5-7,9,11-13,20H,4,8,10,14-15H2,1H3. The highest BCUT2D eigenvalue weighted by molar-refractivity contribution is 5.61. The summed E-state index contributed by atoms with van der Waals surface area (Å²) in [6, 6.07) is 12.3. The SMILES string of the molecule is Cc1cc(N(Cc2cccnc2)CC2CCCO2)nc(-c2cccc([N+](=O)[O-])c2)n1. The van der Waals surface area contributed by atoms with E-state index in [-0.39, 0.29) is 11.8 Å². The number of benzene rings is 1. The molecule has 1 unspecified atom stereocenters. The summed E-state index contributed by atoms with van der Waals surface area (Å²) < 4.78 is 5.85. The highest BCUT2D eigenvalue weighted by Crippen LogP contribution is 2.25. The molecule has 0 aliphatic carbocycles. The lowest BCUT2D eigenvalue weighted by Crippen LogP contribution is -2.32. The third-order valence-electron chi connectivity index (χ3n) is 5.02. The first kappa shape index (κ1) is 19.9. The molecule has 3 heterocycles. The molecule has 8 heteroatoms. The maximum absolute atomic E-state index is 11.2. The topological polar surface area (TPSA) is 94.3 Å². The maximum Gasteiger partial charge on any atom is 0.270 e. The van der Waals surface area contributed by atoms with E-state index in [1.165, 1.54) is 12.1 Å². The van der Waals surface area contributed by atoms with Gasteiger partial charge in [-0.1, -0.05) is 18.2 Å². The van der Waals surface area contributed by atoms with Gasteiger partial charge in [-0.15, -0.1) is 0 Å². The normalized spacial score (nSPS) is 15.8. The summed E-state index contributed by atoms with van der Waals surface area (Å²) >= 11 is 0. The summed E-state index contributed by atoms with van der Waals surface area (Å²) in [5.74, 6) is 1.24. The van der Waals surface area contributed by atoms with Gasteiger partial charge in [-0.2, -0.15) is 0 Å². The summed E-state index contributed by atoms with van der Waals surface area (Å²) in [5.41, 5.74) is 2.51. The van der Waals surface area contributed by atoms with Crippen molar-refractivity contribution in [3.05, 3.63) is 76.2 Å². The molecule has 1 aromatic carbocycles. The smallest absolute Gasteiger partial charge is 0.270 e. The lowest BCUT2D eigenvalue weighted by atomic mass is 10.1. The van der Waals surface area contributed by atoms with E-state index in [1.54, 1.807) is 18.3 Å². The van der Waals surface area contributed by atoms with E-state index in [9.17, 15) is 10.1 Å². The van der Waals surface area contributed by atoms with Crippen molar-refractivity contribution < 1.29 is 9.66 Å². The molecule has 4 rings (SSSR count). The Labute approximate surface area is 174 Å². The Morgan fingerprint density at radius 2 is 2.13 bits per heavy atom. The molecule has 8 nitrogen and oxygen atoms in total. The van der Waals surface area contributed by atoms with Crippen LogP contribution >= 0.6 is 0 Å². The molecular weight excluding hydrogens is 382 g/mol. The summed E-state index contributed by atoms with van der Waals surface area (Å²) in [6.07, 6.45) is 5.83. The van der Waals surface area contributed by atoms with Crippen molar-refractivity contribution in [2.75, 3.05) is 18.1 Å². The second kappa shape index (κ2) is 8.96. The number of anilines is 1. The first-order valence-electron chi connectivity index (χ1n) is 9.94. The van der Waals surface area contributed by atoms with Crippen LogP contribution in [0.3, 0.4) is 0 Å². The van der Waals surface area contributed by atoms with E-state index in [2.05, 4.69) is 14.9 Å². The molecule has 1 aliphatic rings. The Bertz CT molecular complexity index is 1020. The van der Waals surface area contributed by atoms with Gasteiger partial charge in [-0.25, -0.2) is 9.97 Å². The number of nitro groups is 1. The van der Waals surface area contributed by atoms with Gasteiger partial charge in [-0.05, 0) is 31.4 Å². The molecule has 3 aromatic rings. The van der Waals surface area contributed by atoms with Crippen molar-refractivity contribution in [3.8, 4) is 11.4 Å². The number of aromatic nitrogens is 3. The minimum Gasteiger partial charge on any atom is -0.376 e. The largest absolute Gasteiger partial charge is 0.376 e. The average molecular weight is 405 g/mol. The number of non-ortho nitro benzene ring substituents is 1. The second-order valence-electron chi connectivity index (χ2n) is 7.38. The van der Waals surface area contributed by atoms with Crippen LogP contribution in [-0.2, 0) is 11.3 Å². The van der Waals surface area contributed by atoms with Gasteiger partial charge in [0.25, 0.3) is 5.69 Å². The van der Waals surface area contributed by atoms with Crippen molar-refractivity contribution in [1.29, 1.82) is 0 Å². The average Bonchev–Trinajstić information content (AvgIpc) is 3.27. The third-order valence-corrected chi connectivity index (χ3v) is 5.02. The lowest BCUT2D eigenvalue weighted by Gasteiger charge is -2.27. The number of nitrogens with zero attached hydrogens (tertiary/aromatic N) is 5. The monoisotopic (exact) mass is 405 g/mol. The summed E-state index contributed by atoms with van der Waals surface area (Å²) in [7, 11) is 0. The first-order valence-corrected chi connectivity index (χ1v) is 9.94. The lowest BCUT2D eigenvalue weighted by molar-refractivity contribution is -0.384. The number of hydrogen-bond acceptors (Lipinski definition) is 7. The van der Waals surface area contributed by atoms with E-state index in [0.29, 0.717) is 24.5 Å². The van der Waals surface area contributed by atoms with Crippen molar-refractivity contribution in [2.45, 2.75) is 32.4 Å². The Morgan fingerprint density at radius 1 is 1.23 bits per heavy atom. The zero-order valence-electron chi connectivity index (χ0n) is 16.8. The fourth-order valence-corrected chi connectivity index (χ4v) is 3.59. The predicted molar refractivity (Wildman–Crippen MR) is 113 cm³/mol. The molecule has 0 saturated carbocycles. The molecule has 0 spiro atoms. The fourth-order valence-electron chi connectivity index (χ4n) is 3.59. The summed E-state index contributed by atoms with van der Waals surface area (Å²) in [6.45, 7) is 4.03. The first-order chi connectivity index (χ1) is 14.6. The number of nitro benzene ring substituents is 1. The Hall–Kier alpha value is -3.39. The number of hydrogen-bond donors (Lipinski definition) is 0. The third kappa shape index (κ3) is 4.77. The molecular formula is C22H23N5O3. The van der Waals surface area contributed by atoms with E-state index in [1.807, 2.05) is 31.3 Å². The molecule has 1 aliphatic heterocycles. The number of ether oxygens (including phenoxy) is 1. The Kier molecular flexibility index (Phi) is 5.94. The van der Waals surface area contributed by atoms with Crippen molar-refractivity contribution in [1.82, 2.24) is 15.0 Å². The maximum atomic E-state index is 11.2. The van der Waals surface area contributed by atoms with E-state index in [0.717, 1.165) is 36.5 Å². The van der Waals surface area contributed by atoms with Crippen LogP contribution in [0.4, 0.5) is 11.5 Å². The van der Waals surface area contributed by atoms with Gasteiger partial charge < -0.3 is 9.64 Å². The number of aryl methyl sites for hydroxylation is 1. The molecule has 1 saturated heterocycles. The fraction of sp³-hybridized carbons (Fsp3) is 0.318. The van der Waals surface area contributed by atoms with Crippen LogP contribution in [0.25, 0.3) is 11.4 Å². The number of pyridine rings is 1. The Balaban J connectivity index is 1.69. The van der Waals surface area contributed by atoms with Gasteiger partial charge in [0.1, 0.15) is 5.82 Å². The van der Waals surface area contributed by atoms with Crippen LogP contribution in [0.1, 0.15) is 24.1 Å². The molecule has 1 atom stereocenters. The molecule has 0 radical (unpaired) electrons. The minimum absolute atomic E-state index is 0.0192. The summed E-state index contributed by atoms with van der Waals surface area (Å²) in [5, 5.41) is 11.2. The molecule has 30 heavy (non-hydrogen) atoms. The van der Waals surface area contributed by atoms with Crippen molar-refractivity contribution >= 4 is 11.5 Å².